The van der Waals surface area contributed by atoms with Gasteiger partial charge in [-0.2, -0.15) is 0 Å². The molecule has 0 aliphatic heterocycles. The second-order valence-electron chi connectivity index (χ2n) is 4.51. The highest BCUT2D eigenvalue weighted by atomic mass is 32.1. The van der Waals surface area contributed by atoms with Crippen LogP contribution >= 0.6 is 12.2 Å². The Hall–Kier alpha value is -2.27. The minimum atomic E-state index is 0.292. The quantitative estimate of drug-likeness (QED) is 0.858. The van der Waals surface area contributed by atoms with Gasteiger partial charge in [0.05, 0.1) is 19.8 Å². The van der Waals surface area contributed by atoms with Gasteiger partial charge in [0.1, 0.15) is 28.0 Å². The smallest absolute Gasteiger partial charge is 0.137 e. The van der Waals surface area contributed by atoms with Gasteiger partial charge in [-0.1, -0.05) is 18.3 Å². The van der Waals surface area contributed by atoms with Gasteiger partial charge in [-0.05, 0) is 24.6 Å². The van der Waals surface area contributed by atoms with E-state index in [1.54, 1.807) is 32.4 Å². The van der Waals surface area contributed by atoms with Crippen molar-refractivity contribution < 1.29 is 14.2 Å². The summed E-state index contributed by atoms with van der Waals surface area (Å²) < 4.78 is 16.4. The molecule has 5 heteroatoms. The largest absolute Gasteiger partial charge is 0.496 e. The molecule has 0 heterocycles. The second kappa shape index (κ2) is 6.45. The number of hydrogen-bond acceptors (Lipinski definition) is 4. The van der Waals surface area contributed by atoms with Crippen LogP contribution < -0.4 is 19.9 Å². The van der Waals surface area contributed by atoms with Gasteiger partial charge in [-0.25, -0.2) is 0 Å². The van der Waals surface area contributed by atoms with Crippen molar-refractivity contribution in [1.82, 2.24) is 0 Å². The van der Waals surface area contributed by atoms with Gasteiger partial charge >= 0.3 is 0 Å². The van der Waals surface area contributed by atoms with Crippen LogP contribution in [0.5, 0.6) is 23.0 Å². The summed E-state index contributed by atoms with van der Waals surface area (Å²) in [6.07, 6.45) is 0. The van der Waals surface area contributed by atoms with Crippen LogP contribution in [0.25, 0.3) is 0 Å². The number of nitrogens with two attached hydrogens (primary N) is 1. The summed E-state index contributed by atoms with van der Waals surface area (Å²) in [5.41, 5.74) is 7.48. The van der Waals surface area contributed by atoms with Gasteiger partial charge in [0, 0.05) is 18.2 Å². The number of thiocarbonyl (C=S) groups is 1. The van der Waals surface area contributed by atoms with Crippen molar-refractivity contribution in [1.29, 1.82) is 0 Å². The first kappa shape index (κ1) is 15.1. The van der Waals surface area contributed by atoms with Crippen molar-refractivity contribution in [2.75, 3.05) is 14.2 Å². The summed E-state index contributed by atoms with van der Waals surface area (Å²) >= 11 is 5.05. The molecule has 2 N–H and O–H groups in total. The zero-order valence-corrected chi connectivity index (χ0v) is 13.0. The number of hydrogen-bond donors (Lipinski definition) is 1. The van der Waals surface area contributed by atoms with E-state index in [2.05, 4.69) is 0 Å². The molecule has 0 saturated heterocycles. The monoisotopic (exact) mass is 303 g/mol. The number of rotatable bonds is 5. The first-order chi connectivity index (χ1) is 10.0. The highest BCUT2D eigenvalue weighted by molar-refractivity contribution is 7.80. The van der Waals surface area contributed by atoms with E-state index in [9.17, 15) is 0 Å². The molecule has 0 spiro atoms. The highest BCUT2D eigenvalue weighted by Crippen LogP contribution is 2.32. The van der Waals surface area contributed by atoms with Crippen molar-refractivity contribution in [3.63, 3.8) is 0 Å². The van der Waals surface area contributed by atoms with Gasteiger partial charge in [0.2, 0.25) is 0 Å². The summed E-state index contributed by atoms with van der Waals surface area (Å²) in [6, 6.07) is 11.0. The summed E-state index contributed by atoms with van der Waals surface area (Å²) in [5, 5.41) is 0. The van der Waals surface area contributed by atoms with E-state index < -0.39 is 0 Å². The number of benzene rings is 2. The van der Waals surface area contributed by atoms with Crippen LogP contribution in [0, 0.1) is 6.92 Å². The first-order valence-electron chi connectivity index (χ1n) is 6.35. The Bertz CT molecular complexity index is 648. The van der Waals surface area contributed by atoms with Crippen molar-refractivity contribution in [2.24, 2.45) is 5.73 Å². The molecule has 21 heavy (non-hydrogen) atoms. The third-order valence-corrected chi connectivity index (χ3v) is 3.18. The molecule has 0 aliphatic carbocycles. The molecule has 0 saturated carbocycles. The van der Waals surface area contributed by atoms with Crippen LogP contribution in [0.1, 0.15) is 11.1 Å². The predicted molar refractivity (Wildman–Crippen MR) is 86.7 cm³/mol. The zero-order valence-electron chi connectivity index (χ0n) is 12.2. The molecule has 0 bridgehead atoms. The van der Waals surface area contributed by atoms with Crippen LogP contribution in [0.15, 0.2) is 36.4 Å². The second-order valence-corrected chi connectivity index (χ2v) is 4.95. The molecule has 2 aromatic rings. The molecule has 4 nitrogen and oxygen atoms in total. The molecule has 0 unspecified atom stereocenters. The topological polar surface area (TPSA) is 53.7 Å². The van der Waals surface area contributed by atoms with Crippen LogP contribution in [-0.2, 0) is 0 Å². The third kappa shape index (κ3) is 3.64. The lowest BCUT2D eigenvalue weighted by molar-refractivity contribution is 0.386. The Balaban J connectivity index is 2.42. The van der Waals surface area contributed by atoms with Crippen LogP contribution in [0.3, 0.4) is 0 Å². The number of ether oxygens (including phenoxy) is 3. The fraction of sp³-hybridized carbons (Fsp3) is 0.188. The number of aryl methyl sites for hydroxylation is 1. The van der Waals surface area contributed by atoms with Crippen LogP contribution in [-0.4, -0.2) is 19.2 Å². The maximum absolute atomic E-state index is 5.91. The molecule has 2 rings (SSSR count). The molecule has 0 aromatic heterocycles. The van der Waals surface area contributed by atoms with Gasteiger partial charge in [-0.15, -0.1) is 0 Å². The molecule has 0 radical (unpaired) electrons. The van der Waals surface area contributed by atoms with Crippen molar-refractivity contribution in [3.05, 3.63) is 47.5 Å². The lowest BCUT2D eigenvalue weighted by atomic mass is 10.1. The lowest BCUT2D eigenvalue weighted by Gasteiger charge is -2.13. The average Bonchev–Trinajstić information content (AvgIpc) is 2.46. The minimum absolute atomic E-state index is 0.292. The Morgan fingerprint density at radius 1 is 0.952 bits per heavy atom. The van der Waals surface area contributed by atoms with Gasteiger partial charge in [0.25, 0.3) is 0 Å². The predicted octanol–water partition coefficient (Wildman–Crippen LogP) is 3.44. The number of methoxy groups -OCH3 is 2. The maximum atomic E-state index is 5.91. The summed E-state index contributed by atoms with van der Waals surface area (Å²) in [7, 11) is 3.18. The van der Waals surface area contributed by atoms with Crippen molar-refractivity contribution in [2.45, 2.75) is 6.92 Å². The molecule has 0 amide bonds. The van der Waals surface area contributed by atoms with Gasteiger partial charge < -0.3 is 19.9 Å². The van der Waals surface area contributed by atoms with E-state index in [0.717, 1.165) is 5.56 Å². The van der Waals surface area contributed by atoms with E-state index in [1.165, 1.54) is 0 Å². The summed E-state index contributed by atoms with van der Waals surface area (Å²) in [6.45, 7) is 1.97. The normalized spacial score (nSPS) is 10.0. The molecule has 0 aliphatic rings. The minimum Gasteiger partial charge on any atom is -0.496 e. The molecule has 0 fully saturated rings. The van der Waals surface area contributed by atoms with E-state index in [4.69, 9.17) is 32.2 Å². The maximum Gasteiger partial charge on any atom is 0.137 e. The Morgan fingerprint density at radius 3 is 2.05 bits per heavy atom. The molecule has 2 aromatic carbocycles. The van der Waals surface area contributed by atoms with E-state index in [1.807, 2.05) is 25.1 Å². The fourth-order valence-electron chi connectivity index (χ4n) is 1.88. The van der Waals surface area contributed by atoms with Crippen LogP contribution in [0.2, 0.25) is 0 Å². The fourth-order valence-corrected chi connectivity index (χ4v) is 2.05. The Morgan fingerprint density at radius 2 is 1.52 bits per heavy atom. The highest BCUT2D eigenvalue weighted by Gasteiger charge is 2.10. The average molecular weight is 303 g/mol. The van der Waals surface area contributed by atoms with E-state index >= 15 is 0 Å². The van der Waals surface area contributed by atoms with Gasteiger partial charge in [0.15, 0.2) is 0 Å². The standard InChI is InChI=1S/C16H17NO3S/c1-10-4-5-14(16(17)21)15(6-10)20-13-8-11(18-2)7-12(9-13)19-3/h4-9H,1-3H3,(H2,17,21). The summed E-state index contributed by atoms with van der Waals surface area (Å²) in [4.78, 5) is 0.292. The van der Waals surface area contributed by atoms with E-state index in [-0.39, 0.29) is 0 Å². The van der Waals surface area contributed by atoms with Crippen molar-refractivity contribution >= 4 is 17.2 Å². The van der Waals surface area contributed by atoms with Crippen LogP contribution in [0.4, 0.5) is 0 Å². The molecule has 0 atom stereocenters. The van der Waals surface area contributed by atoms with E-state index in [0.29, 0.717) is 33.6 Å². The molecular weight excluding hydrogens is 286 g/mol. The van der Waals surface area contributed by atoms with Gasteiger partial charge in [-0.3, -0.25) is 0 Å². The Kier molecular flexibility index (Phi) is 4.65. The Labute approximate surface area is 129 Å². The third-order valence-electron chi connectivity index (χ3n) is 2.96. The lowest BCUT2D eigenvalue weighted by Crippen LogP contribution is -2.10. The SMILES string of the molecule is COc1cc(OC)cc(Oc2cc(C)ccc2C(N)=S)c1. The molecule has 110 valence electrons. The van der Waals surface area contributed by atoms with Crippen molar-refractivity contribution in [3.8, 4) is 23.0 Å². The summed E-state index contributed by atoms with van der Waals surface area (Å²) in [5.74, 6) is 2.50. The first-order valence-corrected chi connectivity index (χ1v) is 6.75. The zero-order chi connectivity index (χ0) is 15.4. The molecular formula is C16H17NO3S.